The molecule has 1 fully saturated rings. The number of benzene rings is 2. The van der Waals surface area contributed by atoms with Crippen LogP contribution < -0.4 is 9.64 Å². The van der Waals surface area contributed by atoms with Gasteiger partial charge in [0.2, 0.25) is 0 Å². The van der Waals surface area contributed by atoms with Gasteiger partial charge in [-0.2, -0.15) is 0 Å². The Morgan fingerprint density at radius 3 is 2.40 bits per heavy atom. The van der Waals surface area contributed by atoms with Gasteiger partial charge in [0.15, 0.2) is 16.4 Å². The van der Waals surface area contributed by atoms with Gasteiger partial charge in [0.1, 0.15) is 5.75 Å². The Kier molecular flexibility index (Phi) is 6.71. The normalized spacial score (nSPS) is 17.5. The minimum Gasteiger partial charge on any atom is -0.483 e. The molecule has 0 aliphatic carbocycles. The number of sulfone groups is 1. The molecule has 1 saturated heterocycles. The van der Waals surface area contributed by atoms with Crippen LogP contribution in [0.4, 0.5) is 5.69 Å². The topological polar surface area (TPSA) is 66.9 Å². The van der Waals surface area contributed by atoms with E-state index < -0.39 is 9.84 Å². The molecule has 1 amide bonds. The number of ether oxygens (including phenoxy) is 1. The molecule has 1 aliphatic rings. The molecule has 0 unspecified atom stereocenters. The van der Waals surface area contributed by atoms with E-state index in [0.29, 0.717) is 18.7 Å². The van der Waals surface area contributed by atoms with Crippen LogP contribution in [-0.4, -0.2) is 57.5 Å². The van der Waals surface area contributed by atoms with Crippen LogP contribution in [0.1, 0.15) is 23.1 Å². The number of hydrogen-bond acceptors (Lipinski definition) is 5. The average molecular weight is 431 g/mol. The van der Waals surface area contributed by atoms with E-state index in [1.807, 2.05) is 75.3 Å². The first-order valence-corrected chi connectivity index (χ1v) is 11.9. The van der Waals surface area contributed by atoms with Gasteiger partial charge in [-0.25, -0.2) is 8.42 Å². The lowest BCUT2D eigenvalue weighted by Crippen LogP contribution is -2.43. The van der Waals surface area contributed by atoms with Crippen LogP contribution >= 0.6 is 0 Å². The number of carbonyl (C=O) groups is 1. The minimum absolute atomic E-state index is 0.0119. The van der Waals surface area contributed by atoms with Gasteiger partial charge in [0, 0.05) is 32.4 Å². The van der Waals surface area contributed by atoms with Crippen molar-refractivity contribution in [2.75, 3.05) is 37.1 Å². The fraction of sp³-hybridized carbons (Fsp3) is 0.435. The van der Waals surface area contributed by atoms with Crippen molar-refractivity contribution in [3.8, 4) is 5.75 Å². The van der Waals surface area contributed by atoms with Crippen LogP contribution in [0.15, 0.2) is 42.5 Å². The fourth-order valence-electron chi connectivity index (χ4n) is 3.64. The predicted octanol–water partition coefficient (Wildman–Crippen LogP) is 2.96. The second-order valence-electron chi connectivity index (χ2n) is 8.13. The molecule has 2 aromatic rings. The third kappa shape index (κ3) is 5.33. The number of carbonyl (C=O) groups excluding carboxylic acids is 1. The Morgan fingerprint density at radius 1 is 1.10 bits per heavy atom. The SMILES string of the molecule is Cc1cccc(OCC(=O)N(Cc2ccc(N(C)C)cc2)[C@H]2CCS(=O)(=O)C2)c1C. The van der Waals surface area contributed by atoms with Crippen molar-refractivity contribution in [3.05, 3.63) is 59.2 Å². The molecule has 0 aromatic heterocycles. The van der Waals surface area contributed by atoms with Crippen molar-refractivity contribution >= 4 is 21.4 Å². The second-order valence-corrected chi connectivity index (χ2v) is 10.4. The highest BCUT2D eigenvalue weighted by Crippen LogP contribution is 2.23. The summed E-state index contributed by atoms with van der Waals surface area (Å²) in [4.78, 5) is 16.8. The summed E-state index contributed by atoms with van der Waals surface area (Å²) in [7, 11) is 0.837. The van der Waals surface area contributed by atoms with E-state index in [4.69, 9.17) is 4.74 Å². The molecule has 1 atom stereocenters. The number of aryl methyl sites for hydroxylation is 1. The average Bonchev–Trinajstić information content (AvgIpc) is 3.06. The maximum Gasteiger partial charge on any atom is 0.261 e. The first-order valence-electron chi connectivity index (χ1n) is 10.1. The lowest BCUT2D eigenvalue weighted by atomic mass is 10.1. The van der Waals surface area contributed by atoms with Gasteiger partial charge in [-0.05, 0) is 55.2 Å². The highest BCUT2D eigenvalue weighted by atomic mass is 32.2. The van der Waals surface area contributed by atoms with Gasteiger partial charge in [-0.1, -0.05) is 24.3 Å². The van der Waals surface area contributed by atoms with Crippen LogP contribution in [-0.2, 0) is 21.2 Å². The molecule has 2 aromatic carbocycles. The number of anilines is 1. The van der Waals surface area contributed by atoms with Crippen molar-refractivity contribution in [1.29, 1.82) is 0 Å². The molecule has 0 radical (unpaired) electrons. The summed E-state index contributed by atoms with van der Waals surface area (Å²) >= 11 is 0. The molecule has 0 saturated carbocycles. The van der Waals surface area contributed by atoms with E-state index in [0.717, 1.165) is 22.4 Å². The number of hydrogen-bond donors (Lipinski definition) is 0. The summed E-state index contributed by atoms with van der Waals surface area (Å²) in [6.45, 7) is 4.21. The maximum atomic E-state index is 13.1. The Hall–Kier alpha value is -2.54. The Labute approximate surface area is 179 Å². The molecular formula is C23H30N2O4S. The zero-order valence-corrected chi connectivity index (χ0v) is 18.9. The van der Waals surface area contributed by atoms with Crippen LogP contribution in [0.25, 0.3) is 0 Å². The first kappa shape index (κ1) is 22.2. The Morgan fingerprint density at radius 2 is 1.80 bits per heavy atom. The summed E-state index contributed by atoms with van der Waals surface area (Å²) in [5.41, 5.74) is 4.13. The van der Waals surface area contributed by atoms with Crippen LogP contribution in [0, 0.1) is 13.8 Å². The fourth-order valence-corrected chi connectivity index (χ4v) is 5.37. The van der Waals surface area contributed by atoms with Crippen molar-refractivity contribution in [1.82, 2.24) is 4.90 Å². The van der Waals surface area contributed by atoms with Gasteiger partial charge in [0.25, 0.3) is 5.91 Å². The quantitative estimate of drug-likeness (QED) is 0.676. The van der Waals surface area contributed by atoms with E-state index >= 15 is 0 Å². The second kappa shape index (κ2) is 9.08. The van der Waals surface area contributed by atoms with E-state index in [1.165, 1.54) is 0 Å². The Bertz CT molecular complexity index is 1000. The molecule has 162 valence electrons. The molecule has 7 heteroatoms. The zero-order valence-electron chi connectivity index (χ0n) is 18.1. The molecular weight excluding hydrogens is 400 g/mol. The summed E-state index contributed by atoms with van der Waals surface area (Å²) in [5.74, 6) is 0.615. The van der Waals surface area contributed by atoms with Gasteiger partial charge in [0.05, 0.1) is 11.5 Å². The van der Waals surface area contributed by atoms with Crippen molar-refractivity contribution in [3.63, 3.8) is 0 Å². The molecule has 0 spiro atoms. The van der Waals surface area contributed by atoms with E-state index in [9.17, 15) is 13.2 Å². The largest absolute Gasteiger partial charge is 0.483 e. The lowest BCUT2D eigenvalue weighted by Gasteiger charge is -2.29. The first-order chi connectivity index (χ1) is 14.2. The van der Waals surface area contributed by atoms with E-state index in [2.05, 4.69) is 0 Å². The van der Waals surface area contributed by atoms with Crippen LogP contribution in [0.2, 0.25) is 0 Å². The Balaban J connectivity index is 1.76. The molecule has 6 nitrogen and oxygen atoms in total. The summed E-state index contributed by atoms with van der Waals surface area (Å²) in [6, 6.07) is 13.4. The summed E-state index contributed by atoms with van der Waals surface area (Å²) in [5, 5.41) is 0. The van der Waals surface area contributed by atoms with Gasteiger partial charge < -0.3 is 14.5 Å². The van der Waals surface area contributed by atoms with Crippen molar-refractivity contribution in [2.45, 2.75) is 32.9 Å². The molecule has 0 N–H and O–H groups in total. The van der Waals surface area contributed by atoms with Gasteiger partial charge >= 0.3 is 0 Å². The predicted molar refractivity (Wildman–Crippen MR) is 120 cm³/mol. The van der Waals surface area contributed by atoms with Gasteiger partial charge in [-0.3, -0.25) is 4.79 Å². The molecule has 30 heavy (non-hydrogen) atoms. The molecule has 0 bridgehead atoms. The molecule has 1 heterocycles. The van der Waals surface area contributed by atoms with Crippen molar-refractivity contribution in [2.24, 2.45) is 0 Å². The van der Waals surface area contributed by atoms with E-state index in [1.54, 1.807) is 4.90 Å². The molecule has 3 rings (SSSR count). The standard InChI is InChI=1S/C23H30N2O4S/c1-17-6-5-7-22(18(17)2)29-15-23(26)25(21-12-13-30(27,28)16-21)14-19-8-10-20(11-9-19)24(3)4/h5-11,21H,12-16H2,1-4H3/t21-/m0/s1. The van der Waals surface area contributed by atoms with Gasteiger partial charge in [-0.15, -0.1) is 0 Å². The van der Waals surface area contributed by atoms with Crippen molar-refractivity contribution < 1.29 is 17.9 Å². The summed E-state index contributed by atoms with van der Waals surface area (Å²) < 4.78 is 29.9. The monoisotopic (exact) mass is 430 g/mol. The summed E-state index contributed by atoms with van der Waals surface area (Å²) in [6.07, 6.45) is 0.466. The molecule has 1 aliphatic heterocycles. The third-order valence-corrected chi connectivity index (χ3v) is 7.43. The highest BCUT2D eigenvalue weighted by molar-refractivity contribution is 7.91. The minimum atomic E-state index is -3.11. The maximum absolute atomic E-state index is 13.1. The smallest absolute Gasteiger partial charge is 0.261 e. The van der Waals surface area contributed by atoms with Crippen LogP contribution in [0.5, 0.6) is 5.75 Å². The van der Waals surface area contributed by atoms with Crippen LogP contribution in [0.3, 0.4) is 0 Å². The number of nitrogens with zero attached hydrogens (tertiary/aromatic N) is 2. The number of amides is 1. The third-order valence-electron chi connectivity index (χ3n) is 5.68. The zero-order chi connectivity index (χ0) is 21.9. The number of rotatable bonds is 7. The highest BCUT2D eigenvalue weighted by Gasteiger charge is 2.34. The van der Waals surface area contributed by atoms with E-state index in [-0.39, 0.29) is 30.1 Å². The lowest BCUT2D eigenvalue weighted by molar-refractivity contribution is -0.136.